The predicted octanol–water partition coefficient (Wildman–Crippen LogP) is 3.67. The Bertz CT molecular complexity index is 443. The van der Waals surface area contributed by atoms with Gasteiger partial charge < -0.3 is 4.90 Å². The molecule has 3 nitrogen and oxygen atoms in total. The summed E-state index contributed by atoms with van der Waals surface area (Å²) in [5, 5.41) is 7.87. The van der Waals surface area contributed by atoms with Crippen LogP contribution in [0.3, 0.4) is 0 Å². The normalized spacial score (nSPS) is 22.8. The fourth-order valence-electron chi connectivity index (χ4n) is 2.80. The van der Waals surface area contributed by atoms with Crippen LogP contribution in [-0.2, 0) is 11.3 Å². The fraction of sp³-hybridized carbons (Fsp3) is 0.688. The second kappa shape index (κ2) is 7.23. The number of aryl methyl sites for hydroxylation is 1. The number of thiophene rings is 1. The lowest BCUT2D eigenvalue weighted by atomic mass is 10.1. The Kier molecular flexibility index (Phi) is 5.61. The van der Waals surface area contributed by atoms with E-state index in [4.69, 9.17) is 0 Å². The zero-order valence-corrected chi connectivity index (χ0v) is 13.6. The van der Waals surface area contributed by atoms with Crippen molar-refractivity contribution < 1.29 is 4.79 Å². The van der Waals surface area contributed by atoms with E-state index in [1.54, 1.807) is 11.3 Å². The number of rotatable bonds is 7. The van der Waals surface area contributed by atoms with Crippen LogP contribution in [0.25, 0.3) is 0 Å². The van der Waals surface area contributed by atoms with Crippen molar-refractivity contribution in [1.29, 1.82) is 0 Å². The molecule has 1 aromatic heterocycles. The average Bonchev–Trinajstić information content (AvgIpc) is 2.96. The predicted molar refractivity (Wildman–Crippen MR) is 84.8 cm³/mol. The van der Waals surface area contributed by atoms with Gasteiger partial charge in [0.1, 0.15) is 0 Å². The SMILES string of the molecule is CCCCC1NC(CCC)N(Cc2cscc2C)C1=O. The molecule has 4 heteroatoms. The second-order valence-corrected chi connectivity index (χ2v) is 6.46. The first-order valence-corrected chi connectivity index (χ1v) is 8.69. The van der Waals surface area contributed by atoms with E-state index in [-0.39, 0.29) is 12.2 Å². The number of hydrogen-bond acceptors (Lipinski definition) is 3. The lowest BCUT2D eigenvalue weighted by molar-refractivity contribution is -0.130. The molecule has 1 N–H and O–H groups in total. The standard InChI is InChI=1S/C16H26N2OS/c1-4-6-8-14-16(19)18(15(17-14)7-5-2)9-13-11-20-10-12(13)3/h10-11,14-15,17H,4-9H2,1-3H3. The van der Waals surface area contributed by atoms with E-state index in [1.807, 2.05) is 0 Å². The van der Waals surface area contributed by atoms with E-state index >= 15 is 0 Å². The van der Waals surface area contributed by atoms with Crippen molar-refractivity contribution in [3.63, 3.8) is 0 Å². The molecule has 0 saturated carbocycles. The molecular weight excluding hydrogens is 268 g/mol. The van der Waals surface area contributed by atoms with Gasteiger partial charge >= 0.3 is 0 Å². The van der Waals surface area contributed by atoms with Crippen molar-refractivity contribution in [2.24, 2.45) is 0 Å². The van der Waals surface area contributed by atoms with Crippen molar-refractivity contribution in [3.8, 4) is 0 Å². The van der Waals surface area contributed by atoms with Gasteiger partial charge in [-0.25, -0.2) is 0 Å². The Morgan fingerprint density at radius 2 is 2.05 bits per heavy atom. The summed E-state index contributed by atoms with van der Waals surface area (Å²) in [4.78, 5) is 14.7. The van der Waals surface area contributed by atoms with Gasteiger partial charge in [-0.1, -0.05) is 33.1 Å². The van der Waals surface area contributed by atoms with Crippen LogP contribution in [0.5, 0.6) is 0 Å². The summed E-state index contributed by atoms with van der Waals surface area (Å²) in [5.74, 6) is 0.294. The molecule has 1 aromatic rings. The van der Waals surface area contributed by atoms with Crippen molar-refractivity contribution in [2.75, 3.05) is 0 Å². The van der Waals surface area contributed by atoms with Gasteiger partial charge in [-0.2, -0.15) is 11.3 Å². The molecule has 1 amide bonds. The van der Waals surface area contributed by atoms with Crippen LogP contribution < -0.4 is 5.32 Å². The van der Waals surface area contributed by atoms with Gasteiger partial charge in [-0.05, 0) is 41.7 Å². The van der Waals surface area contributed by atoms with E-state index < -0.39 is 0 Å². The Morgan fingerprint density at radius 3 is 2.65 bits per heavy atom. The van der Waals surface area contributed by atoms with Crippen LogP contribution in [0, 0.1) is 6.92 Å². The lowest BCUT2D eigenvalue weighted by Gasteiger charge is -2.23. The average molecular weight is 294 g/mol. The first-order chi connectivity index (χ1) is 9.67. The highest BCUT2D eigenvalue weighted by atomic mass is 32.1. The smallest absolute Gasteiger partial charge is 0.241 e. The quantitative estimate of drug-likeness (QED) is 0.832. The summed E-state index contributed by atoms with van der Waals surface area (Å²) in [7, 11) is 0. The van der Waals surface area contributed by atoms with E-state index in [2.05, 4.69) is 41.7 Å². The number of hydrogen-bond donors (Lipinski definition) is 1. The molecule has 0 spiro atoms. The monoisotopic (exact) mass is 294 g/mol. The highest BCUT2D eigenvalue weighted by molar-refractivity contribution is 7.08. The first kappa shape index (κ1) is 15.5. The van der Waals surface area contributed by atoms with Gasteiger partial charge in [0, 0.05) is 6.54 Å². The lowest BCUT2D eigenvalue weighted by Crippen LogP contribution is -2.36. The summed E-state index contributed by atoms with van der Waals surface area (Å²) in [6.07, 6.45) is 5.59. The summed E-state index contributed by atoms with van der Waals surface area (Å²) in [6, 6.07) is 0.0328. The maximum Gasteiger partial charge on any atom is 0.241 e. The maximum absolute atomic E-state index is 12.6. The molecule has 2 unspecified atom stereocenters. The highest BCUT2D eigenvalue weighted by Crippen LogP contribution is 2.23. The molecule has 0 aromatic carbocycles. The second-order valence-electron chi connectivity index (χ2n) is 5.71. The number of amides is 1. The Labute approximate surface area is 126 Å². The summed E-state index contributed by atoms with van der Waals surface area (Å²) >= 11 is 1.72. The van der Waals surface area contributed by atoms with Crippen LogP contribution >= 0.6 is 11.3 Å². The summed E-state index contributed by atoms with van der Waals surface area (Å²) in [5.41, 5.74) is 2.59. The van der Waals surface area contributed by atoms with Crippen LogP contribution in [0.2, 0.25) is 0 Å². The molecule has 1 saturated heterocycles. The largest absolute Gasteiger partial charge is 0.321 e. The Balaban J connectivity index is 2.07. The van der Waals surface area contributed by atoms with E-state index in [0.29, 0.717) is 5.91 Å². The fourth-order valence-corrected chi connectivity index (χ4v) is 3.64. The van der Waals surface area contributed by atoms with Crippen molar-refractivity contribution in [1.82, 2.24) is 10.2 Å². The Hall–Kier alpha value is -0.870. The third-order valence-corrected chi connectivity index (χ3v) is 4.97. The number of carbonyl (C=O) groups is 1. The highest BCUT2D eigenvalue weighted by Gasteiger charge is 2.37. The maximum atomic E-state index is 12.6. The zero-order chi connectivity index (χ0) is 14.5. The van der Waals surface area contributed by atoms with E-state index in [9.17, 15) is 4.79 Å². The van der Waals surface area contributed by atoms with Crippen molar-refractivity contribution in [3.05, 3.63) is 21.9 Å². The first-order valence-electron chi connectivity index (χ1n) is 7.75. The molecule has 20 heavy (non-hydrogen) atoms. The molecule has 1 aliphatic heterocycles. The minimum absolute atomic E-state index is 0.0328. The molecule has 2 rings (SSSR count). The van der Waals surface area contributed by atoms with E-state index in [0.717, 1.165) is 38.6 Å². The molecule has 0 aliphatic carbocycles. The molecule has 1 fully saturated rings. The van der Waals surface area contributed by atoms with Gasteiger partial charge in [-0.3, -0.25) is 10.1 Å². The molecule has 0 bridgehead atoms. The third kappa shape index (κ3) is 3.41. The number of nitrogens with one attached hydrogen (secondary N) is 1. The minimum atomic E-state index is 0.0328. The van der Waals surface area contributed by atoms with Gasteiger partial charge in [0.05, 0.1) is 12.2 Å². The molecule has 1 aliphatic rings. The number of carbonyl (C=O) groups excluding carboxylic acids is 1. The van der Waals surface area contributed by atoms with Gasteiger partial charge in [0.2, 0.25) is 5.91 Å². The Morgan fingerprint density at radius 1 is 1.25 bits per heavy atom. The molecule has 2 heterocycles. The van der Waals surface area contributed by atoms with E-state index in [1.165, 1.54) is 11.1 Å². The topological polar surface area (TPSA) is 32.3 Å². The van der Waals surface area contributed by atoms with Crippen LogP contribution in [0.4, 0.5) is 0 Å². The zero-order valence-electron chi connectivity index (χ0n) is 12.8. The van der Waals surface area contributed by atoms with Crippen LogP contribution in [0.15, 0.2) is 10.8 Å². The summed E-state index contributed by atoms with van der Waals surface area (Å²) in [6.45, 7) is 7.24. The van der Waals surface area contributed by atoms with Crippen LogP contribution in [0.1, 0.15) is 57.1 Å². The van der Waals surface area contributed by atoms with Gasteiger partial charge in [0.15, 0.2) is 0 Å². The molecule has 2 atom stereocenters. The minimum Gasteiger partial charge on any atom is -0.321 e. The van der Waals surface area contributed by atoms with Crippen LogP contribution in [-0.4, -0.2) is 23.0 Å². The number of nitrogens with zero attached hydrogens (tertiary/aromatic N) is 1. The van der Waals surface area contributed by atoms with Gasteiger partial charge in [0.25, 0.3) is 0 Å². The van der Waals surface area contributed by atoms with Crippen molar-refractivity contribution in [2.45, 2.75) is 71.6 Å². The molecular formula is C16H26N2OS. The van der Waals surface area contributed by atoms with Gasteiger partial charge in [-0.15, -0.1) is 0 Å². The molecule has 0 radical (unpaired) electrons. The summed E-state index contributed by atoms with van der Waals surface area (Å²) < 4.78 is 0. The number of unbranched alkanes of at least 4 members (excludes halogenated alkanes) is 1. The van der Waals surface area contributed by atoms with Crippen molar-refractivity contribution >= 4 is 17.2 Å². The molecule has 112 valence electrons. The third-order valence-electron chi connectivity index (χ3n) is 4.06.